The Morgan fingerprint density at radius 3 is 2.83 bits per heavy atom. The monoisotopic (exact) mass is 404 g/mol. The number of hydrogen-bond donors (Lipinski definition) is 2. The van der Waals surface area contributed by atoms with Gasteiger partial charge in [0, 0.05) is 25.5 Å². The molecule has 1 amide bonds. The zero-order valence-corrected chi connectivity index (χ0v) is 14.8. The molecule has 3 heterocycles. The van der Waals surface area contributed by atoms with Crippen LogP contribution in [0.1, 0.15) is 9.67 Å². The highest BCUT2D eigenvalue weighted by Crippen LogP contribution is 2.39. The lowest BCUT2D eigenvalue weighted by Crippen LogP contribution is -2.18. The number of carbonyl (C=O) groups is 1. The van der Waals surface area contributed by atoms with Gasteiger partial charge in [-0.1, -0.05) is 18.2 Å². The highest BCUT2D eigenvalue weighted by atomic mass is 79.9. The average Bonchev–Trinajstić information content (AvgIpc) is 3.08. The maximum Gasteiger partial charge on any atom is 0.271 e. The number of hydrogen-bond acceptors (Lipinski definition) is 4. The predicted molar refractivity (Wildman–Crippen MR) is 99.9 cm³/mol. The summed E-state index contributed by atoms with van der Waals surface area (Å²) in [5.41, 5.74) is -0.101. The number of thiophene rings is 2. The van der Waals surface area contributed by atoms with Crippen LogP contribution in [0.2, 0.25) is 0 Å². The van der Waals surface area contributed by atoms with Crippen LogP contribution in [0, 0.1) is 0 Å². The van der Waals surface area contributed by atoms with E-state index in [1.165, 1.54) is 22.2 Å². The molecule has 0 saturated carbocycles. The lowest BCUT2D eigenvalue weighted by atomic mass is 10.2. The van der Waals surface area contributed by atoms with Gasteiger partial charge in [0.1, 0.15) is 5.69 Å². The molecule has 0 aliphatic carbocycles. The first-order valence-corrected chi connectivity index (χ1v) is 9.15. The van der Waals surface area contributed by atoms with E-state index in [2.05, 4.69) is 38.4 Å². The van der Waals surface area contributed by atoms with Gasteiger partial charge in [-0.2, -0.15) is 0 Å². The second kappa shape index (κ2) is 5.59. The number of anilines is 1. The number of carbonyl (C=O) groups excluding carboxylic acids is 1. The van der Waals surface area contributed by atoms with Crippen molar-refractivity contribution in [1.29, 1.82) is 0 Å². The highest BCUT2D eigenvalue weighted by molar-refractivity contribution is 9.10. The molecule has 0 spiro atoms. The molecule has 114 valence electrons. The van der Waals surface area contributed by atoms with E-state index < -0.39 is 0 Å². The molecular weight excluding hydrogens is 396 g/mol. The van der Waals surface area contributed by atoms with Crippen molar-refractivity contribution >= 4 is 69.7 Å². The Morgan fingerprint density at radius 1 is 1.13 bits per heavy atom. The van der Waals surface area contributed by atoms with Gasteiger partial charge in [0.25, 0.3) is 11.5 Å². The minimum atomic E-state index is -0.328. The number of benzene rings is 1. The molecule has 2 N–H and O–H groups in total. The summed E-state index contributed by atoms with van der Waals surface area (Å²) in [6.07, 6.45) is 1.53. The smallest absolute Gasteiger partial charge is 0.271 e. The fourth-order valence-electron chi connectivity index (χ4n) is 2.35. The maximum atomic E-state index is 12.4. The van der Waals surface area contributed by atoms with E-state index in [1.54, 1.807) is 17.4 Å². The van der Waals surface area contributed by atoms with Crippen LogP contribution in [-0.4, -0.2) is 10.9 Å². The molecule has 0 unspecified atom stereocenters. The zero-order chi connectivity index (χ0) is 16.0. The van der Waals surface area contributed by atoms with Gasteiger partial charge in [0.15, 0.2) is 0 Å². The van der Waals surface area contributed by atoms with Crippen LogP contribution in [0.3, 0.4) is 0 Å². The van der Waals surface area contributed by atoms with Crippen molar-refractivity contribution in [2.24, 2.45) is 0 Å². The molecular formula is C16H9BrN2O2S2. The third-order valence-corrected chi connectivity index (χ3v) is 6.26. The Hall–Kier alpha value is -1.96. The standard InChI is InChI=1S/C16H9BrN2O2S2/c17-8-5-10(15(20)18-7-8)19-16(21)13-6-12-14(23-13)9-3-1-2-4-11(9)22-12/h1-7H,(H,18,20)(H,19,21). The topological polar surface area (TPSA) is 62.0 Å². The van der Waals surface area contributed by atoms with Crippen LogP contribution in [-0.2, 0) is 0 Å². The second-order valence-electron chi connectivity index (χ2n) is 4.92. The summed E-state index contributed by atoms with van der Waals surface area (Å²) >= 11 is 6.39. The summed E-state index contributed by atoms with van der Waals surface area (Å²) in [4.78, 5) is 27.3. The molecule has 3 aromatic heterocycles. The van der Waals surface area contributed by atoms with Crippen LogP contribution in [0.25, 0.3) is 19.5 Å². The second-order valence-corrected chi connectivity index (χ2v) is 7.97. The van der Waals surface area contributed by atoms with Crippen molar-refractivity contribution in [2.45, 2.75) is 0 Å². The normalized spacial score (nSPS) is 11.2. The van der Waals surface area contributed by atoms with Crippen molar-refractivity contribution in [1.82, 2.24) is 4.98 Å². The van der Waals surface area contributed by atoms with E-state index in [9.17, 15) is 9.59 Å². The van der Waals surface area contributed by atoms with E-state index in [0.717, 1.165) is 14.8 Å². The van der Waals surface area contributed by atoms with Crippen LogP contribution in [0.5, 0.6) is 0 Å². The molecule has 0 aliphatic heterocycles. The molecule has 0 fully saturated rings. The van der Waals surface area contributed by atoms with Gasteiger partial charge in [-0.05, 0) is 34.1 Å². The van der Waals surface area contributed by atoms with E-state index in [1.807, 2.05) is 18.2 Å². The number of pyridine rings is 1. The summed E-state index contributed by atoms with van der Waals surface area (Å²) in [5.74, 6) is -0.272. The van der Waals surface area contributed by atoms with Gasteiger partial charge < -0.3 is 10.3 Å². The highest BCUT2D eigenvalue weighted by Gasteiger charge is 2.15. The van der Waals surface area contributed by atoms with Gasteiger partial charge in [-0.3, -0.25) is 9.59 Å². The third kappa shape index (κ3) is 2.60. The summed E-state index contributed by atoms with van der Waals surface area (Å²) in [6.45, 7) is 0. The van der Waals surface area contributed by atoms with Crippen molar-refractivity contribution in [3.8, 4) is 0 Å². The number of H-pyrrole nitrogens is 1. The summed E-state index contributed by atoms with van der Waals surface area (Å²) < 4.78 is 4.11. The first-order valence-electron chi connectivity index (χ1n) is 6.72. The Kier molecular flexibility index (Phi) is 3.56. The summed E-state index contributed by atoms with van der Waals surface area (Å²) in [7, 11) is 0. The summed E-state index contributed by atoms with van der Waals surface area (Å²) in [6, 6.07) is 11.6. The maximum absolute atomic E-state index is 12.4. The van der Waals surface area contributed by atoms with Crippen LogP contribution in [0.15, 0.2) is 51.9 Å². The third-order valence-electron chi connectivity index (χ3n) is 3.39. The lowest BCUT2D eigenvalue weighted by Gasteiger charge is -2.02. The molecule has 0 atom stereocenters. The molecule has 4 rings (SSSR count). The predicted octanol–water partition coefficient (Wildman–Crippen LogP) is 4.82. The Labute approximate surface area is 146 Å². The number of rotatable bonds is 2. The number of nitrogens with one attached hydrogen (secondary N) is 2. The van der Waals surface area contributed by atoms with Gasteiger partial charge in [-0.15, -0.1) is 22.7 Å². The van der Waals surface area contributed by atoms with E-state index in [4.69, 9.17) is 0 Å². The first-order chi connectivity index (χ1) is 11.1. The van der Waals surface area contributed by atoms with Crippen molar-refractivity contribution in [3.63, 3.8) is 0 Å². The molecule has 1 aromatic carbocycles. The van der Waals surface area contributed by atoms with Gasteiger partial charge in [-0.25, -0.2) is 0 Å². The molecule has 0 aliphatic rings. The van der Waals surface area contributed by atoms with Crippen LogP contribution < -0.4 is 10.9 Å². The van der Waals surface area contributed by atoms with Gasteiger partial charge in [0.05, 0.1) is 9.58 Å². The number of halogens is 1. The minimum Gasteiger partial charge on any atom is -0.326 e. The van der Waals surface area contributed by atoms with E-state index in [-0.39, 0.29) is 17.2 Å². The van der Waals surface area contributed by atoms with Gasteiger partial charge in [0.2, 0.25) is 0 Å². The Bertz CT molecular complexity index is 1110. The SMILES string of the molecule is O=C(Nc1cc(Br)c[nH]c1=O)c1cc2sc3ccccc3c2s1. The molecule has 0 bridgehead atoms. The molecule has 0 saturated heterocycles. The van der Waals surface area contributed by atoms with E-state index in [0.29, 0.717) is 9.35 Å². The Balaban J connectivity index is 1.72. The molecule has 23 heavy (non-hydrogen) atoms. The number of fused-ring (bicyclic) bond motifs is 3. The van der Waals surface area contributed by atoms with Crippen LogP contribution >= 0.6 is 38.6 Å². The quantitative estimate of drug-likeness (QED) is 0.502. The first kappa shape index (κ1) is 14.6. The number of aromatic nitrogens is 1. The fraction of sp³-hybridized carbons (Fsp3) is 0. The molecule has 7 heteroatoms. The largest absolute Gasteiger partial charge is 0.326 e. The fourth-order valence-corrected chi connectivity index (χ4v) is 5.11. The Morgan fingerprint density at radius 2 is 1.96 bits per heavy atom. The number of amides is 1. The van der Waals surface area contributed by atoms with Crippen molar-refractivity contribution in [2.75, 3.05) is 5.32 Å². The zero-order valence-electron chi connectivity index (χ0n) is 11.6. The van der Waals surface area contributed by atoms with E-state index >= 15 is 0 Å². The number of aromatic amines is 1. The van der Waals surface area contributed by atoms with Crippen LogP contribution in [0.4, 0.5) is 5.69 Å². The van der Waals surface area contributed by atoms with Crippen molar-refractivity contribution in [3.05, 3.63) is 62.3 Å². The molecule has 4 nitrogen and oxygen atoms in total. The molecule has 0 radical (unpaired) electrons. The summed E-state index contributed by atoms with van der Waals surface area (Å²) in [5, 5.41) is 3.83. The van der Waals surface area contributed by atoms with Gasteiger partial charge >= 0.3 is 0 Å². The minimum absolute atomic E-state index is 0.228. The average molecular weight is 405 g/mol. The van der Waals surface area contributed by atoms with Crippen molar-refractivity contribution < 1.29 is 4.79 Å². The molecule has 4 aromatic rings. The lowest BCUT2D eigenvalue weighted by molar-refractivity contribution is 0.103.